The molecule has 0 bridgehead atoms. The number of nitrogens with one attached hydrogen (secondary N) is 2. The molecule has 0 unspecified atom stereocenters. The average Bonchev–Trinajstić information content (AvgIpc) is 3.56. The van der Waals surface area contributed by atoms with Crippen molar-refractivity contribution in [3.63, 3.8) is 0 Å². The monoisotopic (exact) mass is 612 g/mol. The summed E-state index contributed by atoms with van der Waals surface area (Å²) in [4.78, 5) is 53.9. The van der Waals surface area contributed by atoms with Crippen LogP contribution >= 0.6 is 0 Å². The van der Waals surface area contributed by atoms with Crippen LogP contribution in [0.1, 0.15) is 52.1 Å². The normalized spacial score (nSPS) is 11.6. The highest BCUT2D eigenvalue weighted by Crippen LogP contribution is 2.24. The van der Waals surface area contributed by atoms with Gasteiger partial charge < -0.3 is 32.4 Å². The minimum Gasteiger partial charge on any atom is -0.487 e. The van der Waals surface area contributed by atoms with Gasteiger partial charge in [0.2, 0.25) is 11.8 Å². The first-order valence-electron chi connectivity index (χ1n) is 13.7. The first kappa shape index (κ1) is 30.2. The van der Waals surface area contributed by atoms with E-state index in [1.807, 2.05) is 0 Å². The van der Waals surface area contributed by atoms with E-state index in [2.05, 4.69) is 45.9 Å². The second kappa shape index (κ2) is 13.4. The number of anilines is 3. The number of nitrogen functional groups attached to an aromatic ring is 3. The molecule has 45 heavy (non-hydrogen) atoms. The van der Waals surface area contributed by atoms with Gasteiger partial charge in [0.05, 0.1) is 11.9 Å². The van der Waals surface area contributed by atoms with Crippen LogP contribution < -0.4 is 27.3 Å². The number of carbonyl (C=O) groups excluding carboxylic acids is 2. The van der Waals surface area contributed by atoms with E-state index in [1.54, 1.807) is 30.3 Å². The molecule has 0 aliphatic heterocycles. The van der Waals surface area contributed by atoms with Gasteiger partial charge in [-0.25, -0.2) is 14.8 Å². The van der Waals surface area contributed by atoms with Crippen LogP contribution in [0.3, 0.4) is 0 Å². The Morgan fingerprint density at radius 1 is 1.00 bits per heavy atom. The fourth-order valence-corrected chi connectivity index (χ4v) is 4.45. The second-order valence-electron chi connectivity index (χ2n) is 9.89. The summed E-state index contributed by atoms with van der Waals surface area (Å²) in [7, 11) is 0. The number of ether oxygens (including phenoxy) is 1. The number of rotatable bonds is 13. The number of carboxylic acid groups (broad SMARTS) is 1. The number of carbonyl (C=O) groups is 3. The number of unbranched alkanes of at least 4 members (excludes halogenated alkanes) is 1. The predicted molar refractivity (Wildman–Crippen MR) is 160 cm³/mol. The zero-order valence-electron chi connectivity index (χ0n) is 23.7. The highest BCUT2D eigenvalue weighted by Gasteiger charge is 2.21. The summed E-state index contributed by atoms with van der Waals surface area (Å²) < 4.78 is 5.73. The van der Waals surface area contributed by atoms with Gasteiger partial charge >= 0.3 is 5.97 Å². The summed E-state index contributed by atoms with van der Waals surface area (Å²) in [6.07, 6.45) is 2.53. The molecule has 0 aliphatic rings. The number of aromatic nitrogens is 8. The SMILES string of the molecule is Nc1ccc(C(=O)CCCC[C@H](NC(=O)c2ccc(OCc3cnc4nc(N)nc(N)c4n3)cc2)C(=O)O)c(-c2nn[nH]n2)c1. The Labute approximate surface area is 254 Å². The topological polar surface area (TPSA) is 277 Å². The van der Waals surface area contributed by atoms with Crippen molar-refractivity contribution in [3.8, 4) is 17.1 Å². The number of hydrogen-bond donors (Lipinski definition) is 6. The molecule has 1 amide bonds. The lowest BCUT2D eigenvalue weighted by molar-refractivity contribution is -0.139. The number of benzene rings is 2. The minimum atomic E-state index is -1.18. The number of tetrazole rings is 1. The number of carboxylic acids is 1. The number of fused-ring (bicyclic) bond motifs is 1. The third kappa shape index (κ3) is 7.39. The van der Waals surface area contributed by atoms with Crippen LogP contribution in [-0.4, -0.2) is 69.4 Å². The summed E-state index contributed by atoms with van der Waals surface area (Å²) in [5, 5.41) is 25.9. The molecule has 3 heterocycles. The van der Waals surface area contributed by atoms with Gasteiger partial charge in [0, 0.05) is 28.8 Å². The molecule has 17 nitrogen and oxygen atoms in total. The Morgan fingerprint density at radius 3 is 2.53 bits per heavy atom. The Morgan fingerprint density at radius 2 is 1.80 bits per heavy atom. The van der Waals surface area contributed by atoms with Crippen LogP contribution in [0.15, 0.2) is 48.7 Å². The summed E-state index contributed by atoms with van der Waals surface area (Å²) >= 11 is 0. The third-order valence-electron chi connectivity index (χ3n) is 6.68. The van der Waals surface area contributed by atoms with Gasteiger partial charge in [-0.1, -0.05) is 6.42 Å². The van der Waals surface area contributed by atoms with E-state index in [-0.39, 0.29) is 54.0 Å². The molecule has 0 spiro atoms. The highest BCUT2D eigenvalue weighted by atomic mass is 16.5. The number of aromatic amines is 1. The molecule has 0 saturated heterocycles. The largest absolute Gasteiger partial charge is 0.487 e. The molecule has 0 radical (unpaired) electrons. The summed E-state index contributed by atoms with van der Waals surface area (Å²) in [6, 6.07) is 9.82. The van der Waals surface area contributed by atoms with Gasteiger partial charge in [0.15, 0.2) is 22.8 Å². The Bertz CT molecular complexity index is 1850. The van der Waals surface area contributed by atoms with Crippen LogP contribution in [0.25, 0.3) is 22.6 Å². The lowest BCUT2D eigenvalue weighted by Crippen LogP contribution is -2.40. The average molecular weight is 613 g/mol. The number of nitrogens with two attached hydrogens (primary N) is 3. The van der Waals surface area contributed by atoms with E-state index < -0.39 is 17.9 Å². The van der Waals surface area contributed by atoms with Crippen molar-refractivity contribution in [2.24, 2.45) is 0 Å². The molecule has 5 rings (SSSR count). The van der Waals surface area contributed by atoms with Crippen LogP contribution in [0.4, 0.5) is 17.5 Å². The van der Waals surface area contributed by atoms with E-state index in [1.165, 1.54) is 18.3 Å². The van der Waals surface area contributed by atoms with Gasteiger partial charge in [0.1, 0.15) is 18.4 Å². The molecule has 0 fully saturated rings. The molecule has 1 atom stereocenters. The molecule has 9 N–H and O–H groups in total. The predicted octanol–water partition coefficient (Wildman–Crippen LogP) is 1.55. The zero-order chi connectivity index (χ0) is 31.9. The fraction of sp³-hybridized carbons (Fsp3) is 0.214. The summed E-state index contributed by atoms with van der Waals surface area (Å²) in [6.45, 7) is 0.0542. The number of hydrogen-bond acceptors (Lipinski definition) is 14. The van der Waals surface area contributed by atoms with E-state index in [4.69, 9.17) is 21.9 Å². The standard InChI is InChI=1S/C28H28N12O5/c29-15-7-10-18(19(11-15)24-37-39-40-38-24)21(41)4-2-1-3-20(27(43)44)34-26(42)14-5-8-17(9-6-14)45-13-16-12-32-25-22(33-16)23(30)35-28(31)36-25/h5-12,20H,1-4,13,29H2,(H,34,42)(H,43,44)(H,37,38,39,40)(H4,30,31,32,35,36)/t20-/m0/s1. The molecule has 230 valence electrons. The van der Waals surface area contributed by atoms with Gasteiger partial charge in [-0.2, -0.15) is 15.2 Å². The minimum absolute atomic E-state index is 0.00369. The van der Waals surface area contributed by atoms with Gasteiger partial charge in [-0.3, -0.25) is 9.59 Å². The van der Waals surface area contributed by atoms with E-state index in [0.717, 1.165) is 0 Å². The Kier molecular flexibility index (Phi) is 8.97. The summed E-state index contributed by atoms with van der Waals surface area (Å²) in [5.74, 6) is -1.14. The molecular weight excluding hydrogens is 584 g/mol. The van der Waals surface area contributed by atoms with E-state index in [0.29, 0.717) is 46.6 Å². The number of Topliss-reactive ketones (excluding diaryl/α,β-unsaturated/α-hetero) is 1. The van der Waals surface area contributed by atoms with Crippen molar-refractivity contribution in [2.45, 2.75) is 38.3 Å². The van der Waals surface area contributed by atoms with Gasteiger partial charge in [-0.05, 0) is 60.5 Å². The first-order valence-corrected chi connectivity index (χ1v) is 13.7. The van der Waals surface area contributed by atoms with Crippen molar-refractivity contribution >= 4 is 46.3 Å². The quantitative estimate of drug-likeness (QED) is 0.0625. The maximum Gasteiger partial charge on any atom is 0.326 e. The molecule has 0 saturated carbocycles. The van der Waals surface area contributed by atoms with Gasteiger partial charge in [-0.15, -0.1) is 10.2 Å². The molecule has 17 heteroatoms. The lowest BCUT2D eigenvalue weighted by atomic mass is 9.98. The van der Waals surface area contributed by atoms with E-state index >= 15 is 0 Å². The second-order valence-corrected chi connectivity index (χ2v) is 9.89. The molecule has 2 aromatic carbocycles. The maximum absolute atomic E-state index is 12.9. The van der Waals surface area contributed by atoms with Crippen molar-refractivity contribution in [1.29, 1.82) is 0 Å². The Balaban J connectivity index is 1.11. The number of H-pyrrole nitrogens is 1. The lowest BCUT2D eigenvalue weighted by Gasteiger charge is -2.15. The first-order chi connectivity index (χ1) is 21.7. The van der Waals surface area contributed by atoms with Crippen molar-refractivity contribution in [2.75, 3.05) is 17.2 Å². The van der Waals surface area contributed by atoms with Gasteiger partial charge in [0.25, 0.3) is 5.91 Å². The van der Waals surface area contributed by atoms with Crippen molar-refractivity contribution in [1.82, 2.24) is 45.9 Å². The zero-order valence-corrected chi connectivity index (χ0v) is 23.7. The molecule has 5 aromatic rings. The number of nitrogens with zero attached hydrogens (tertiary/aromatic N) is 7. The molecule has 0 aliphatic carbocycles. The van der Waals surface area contributed by atoms with Crippen LogP contribution in [0, 0.1) is 0 Å². The highest BCUT2D eigenvalue weighted by molar-refractivity contribution is 6.02. The van der Waals surface area contributed by atoms with Crippen LogP contribution in [0.5, 0.6) is 5.75 Å². The molecular formula is C28H28N12O5. The van der Waals surface area contributed by atoms with Crippen molar-refractivity contribution < 1.29 is 24.2 Å². The van der Waals surface area contributed by atoms with Crippen LogP contribution in [0.2, 0.25) is 0 Å². The maximum atomic E-state index is 12.9. The van der Waals surface area contributed by atoms with Crippen LogP contribution in [-0.2, 0) is 11.4 Å². The summed E-state index contributed by atoms with van der Waals surface area (Å²) in [5.41, 5.74) is 19.8. The smallest absolute Gasteiger partial charge is 0.326 e. The molecule has 3 aromatic heterocycles. The number of ketones is 1. The van der Waals surface area contributed by atoms with E-state index in [9.17, 15) is 19.5 Å². The van der Waals surface area contributed by atoms with Crippen molar-refractivity contribution in [3.05, 3.63) is 65.5 Å². The fourth-order valence-electron chi connectivity index (χ4n) is 4.45. The third-order valence-corrected chi connectivity index (χ3v) is 6.68. The number of amides is 1. The Hall–Kier alpha value is -6.26. The number of aliphatic carboxylic acids is 1.